The van der Waals surface area contributed by atoms with Crippen molar-refractivity contribution in [2.75, 3.05) is 32.8 Å². The molecule has 0 radical (unpaired) electrons. The molecule has 2 aliphatic rings. The van der Waals surface area contributed by atoms with E-state index in [2.05, 4.69) is 12.2 Å². The predicted octanol–water partition coefficient (Wildman–Crippen LogP) is 1.40. The minimum atomic E-state index is 0.163. The maximum Gasteiger partial charge on any atom is 0.248 e. The van der Waals surface area contributed by atoms with Gasteiger partial charge in [-0.25, -0.2) is 0 Å². The van der Waals surface area contributed by atoms with Crippen LogP contribution in [0.5, 0.6) is 0 Å². The minimum Gasteiger partial charge on any atom is -0.368 e. The molecule has 0 bridgehead atoms. The first-order valence-electron chi connectivity index (χ1n) is 7.37. The summed E-state index contributed by atoms with van der Waals surface area (Å²) < 4.78 is 5.84. The molecule has 2 atom stereocenters. The van der Waals surface area contributed by atoms with Crippen LogP contribution in [0.15, 0.2) is 0 Å². The average Bonchev–Trinajstić information content (AvgIpc) is 2.66. The van der Waals surface area contributed by atoms with Gasteiger partial charge in [0.15, 0.2) is 0 Å². The highest BCUT2D eigenvalue weighted by Crippen LogP contribution is 2.26. The van der Waals surface area contributed by atoms with Crippen molar-refractivity contribution in [3.63, 3.8) is 0 Å². The number of hydrogen-bond acceptors (Lipinski definition) is 3. The Labute approximate surface area is 110 Å². The van der Waals surface area contributed by atoms with Crippen molar-refractivity contribution < 1.29 is 9.53 Å². The summed E-state index contributed by atoms with van der Waals surface area (Å²) in [5.41, 5.74) is 0. The Balaban J connectivity index is 1.72. The van der Waals surface area contributed by atoms with Crippen LogP contribution < -0.4 is 5.32 Å². The number of hydrogen-bond donors (Lipinski definition) is 1. The van der Waals surface area contributed by atoms with Gasteiger partial charge >= 0.3 is 0 Å². The molecule has 0 aromatic carbocycles. The lowest BCUT2D eigenvalue weighted by Crippen LogP contribution is -2.38. The van der Waals surface area contributed by atoms with Gasteiger partial charge in [-0.3, -0.25) is 4.79 Å². The lowest BCUT2D eigenvalue weighted by atomic mass is 9.88. The SMILES string of the molecule is CC1CCCCC1OCC(=O)N1CCCNCC1. The van der Waals surface area contributed by atoms with Crippen LogP contribution in [0.2, 0.25) is 0 Å². The average molecular weight is 254 g/mol. The van der Waals surface area contributed by atoms with Crippen molar-refractivity contribution in [3.8, 4) is 0 Å². The summed E-state index contributed by atoms with van der Waals surface area (Å²) in [6.45, 7) is 6.13. The second kappa shape index (κ2) is 7.10. The molecule has 1 saturated carbocycles. The first-order valence-corrected chi connectivity index (χ1v) is 7.37. The van der Waals surface area contributed by atoms with Crippen LogP contribution in [0.1, 0.15) is 39.0 Å². The summed E-state index contributed by atoms with van der Waals surface area (Å²) in [5.74, 6) is 0.772. The van der Waals surface area contributed by atoms with Gasteiger partial charge in [0.05, 0.1) is 6.10 Å². The zero-order chi connectivity index (χ0) is 12.8. The summed E-state index contributed by atoms with van der Waals surface area (Å²) >= 11 is 0. The summed E-state index contributed by atoms with van der Waals surface area (Å²) in [5, 5.41) is 3.31. The van der Waals surface area contributed by atoms with Crippen molar-refractivity contribution in [1.29, 1.82) is 0 Å². The second-order valence-corrected chi connectivity index (χ2v) is 5.60. The van der Waals surface area contributed by atoms with Crippen LogP contribution in [0.3, 0.4) is 0 Å². The first-order chi connectivity index (χ1) is 8.77. The largest absolute Gasteiger partial charge is 0.368 e. The second-order valence-electron chi connectivity index (χ2n) is 5.60. The van der Waals surface area contributed by atoms with Crippen LogP contribution in [0.4, 0.5) is 0 Å². The monoisotopic (exact) mass is 254 g/mol. The Kier molecular flexibility index (Phi) is 5.45. The molecule has 2 fully saturated rings. The van der Waals surface area contributed by atoms with E-state index in [0.29, 0.717) is 12.0 Å². The molecular formula is C14H26N2O2. The molecule has 1 aliphatic carbocycles. The summed E-state index contributed by atoms with van der Waals surface area (Å²) in [7, 11) is 0. The maximum atomic E-state index is 12.1. The third-order valence-electron chi connectivity index (χ3n) is 4.15. The van der Waals surface area contributed by atoms with Crippen molar-refractivity contribution >= 4 is 5.91 Å². The van der Waals surface area contributed by atoms with Crippen LogP contribution in [0, 0.1) is 5.92 Å². The molecular weight excluding hydrogens is 228 g/mol. The van der Waals surface area contributed by atoms with Gasteiger partial charge in [-0.2, -0.15) is 0 Å². The van der Waals surface area contributed by atoms with Gasteiger partial charge in [-0.05, 0) is 31.7 Å². The molecule has 2 rings (SSSR count). The van der Waals surface area contributed by atoms with E-state index in [1.54, 1.807) is 0 Å². The molecule has 1 saturated heterocycles. The van der Waals surface area contributed by atoms with Gasteiger partial charge in [-0.15, -0.1) is 0 Å². The summed E-state index contributed by atoms with van der Waals surface area (Å²) in [4.78, 5) is 14.0. The fourth-order valence-electron chi connectivity index (χ4n) is 2.89. The van der Waals surface area contributed by atoms with Gasteiger partial charge in [0.2, 0.25) is 5.91 Å². The molecule has 2 unspecified atom stereocenters. The van der Waals surface area contributed by atoms with E-state index in [9.17, 15) is 4.79 Å². The van der Waals surface area contributed by atoms with Gasteiger partial charge in [-0.1, -0.05) is 19.8 Å². The number of amides is 1. The number of nitrogens with zero attached hydrogens (tertiary/aromatic N) is 1. The van der Waals surface area contributed by atoms with E-state index in [0.717, 1.165) is 39.0 Å². The maximum absolute atomic E-state index is 12.1. The van der Waals surface area contributed by atoms with Gasteiger partial charge in [0.1, 0.15) is 6.61 Å². The molecule has 4 heteroatoms. The highest BCUT2D eigenvalue weighted by Gasteiger charge is 2.24. The van der Waals surface area contributed by atoms with Gasteiger partial charge in [0, 0.05) is 19.6 Å². The minimum absolute atomic E-state index is 0.163. The smallest absolute Gasteiger partial charge is 0.248 e. The van der Waals surface area contributed by atoms with E-state index in [1.807, 2.05) is 4.90 Å². The Bertz CT molecular complexity index is 263. The first kappa shape index (κ1) is 13.8. The topological polar surface area (TPSA) is 41.6 Å². The Hall–Kier alpha value is -0.610. The lowest BCUT2D eigenvalue weighted by molar-refractivity contribution is -0.139. The Morgan fingerprint density at radius 2 is 2.06 bits per heavy atom. The van der Waals surface area contributed by atoms with E-state index < -0.39 is 0 Å². The fraction of sp³-hybridized carbons (Fsp3) is 0.929. The van der Waals surface area contributed by atoms with Crippen LogP contribution in [-0.2, 0) is 9.53 Å². The molecule has 4 nitrogen and oxygen atoms in total. The molecule has 18 heavy (non-hydrogen) atoms. The lowest BCUT2D eigenvalue weighted by Gasteiger charge is -2.29. The molecule has 1 amide bonds. The van der Waals surface area contributed by atoms with Crippen LogP contribution in [-0.4, -0.2) is 49.7 Å². The number of ether oxygens (including phenoxy) is 1. The van der Waals surface area contributed by atoms with Crippen LogP contribution >= 0.6 is 0 Å². The normalized spacial score (nSPS) is 29.9. The molecule has 0 aromatic heterocycles. The summed E-state index contributed by atoms with van der Waals surface area (Å²) in [6, 6.07) is 0. The highest BCUT2D eigenvalue weighted by molar-refractivity contribution is 5.77. The Morgan fingerprint density at radius 1 is 1.22 bits per heavy atom. The number of rotatable bonds is 3. The van der Waals surface area contributed by atoms with Crippen LogP contribution in [0.25, 0.3) is 0 Å². The quantitative estimate of drug-likeness (QED) is 0.828. The van der Waals surface area contributed by atoms with E-state index in [1.165, 1.54) is 19.3 Å². The third-order valence-corrected chi connectivity index (χ3v) is 4.15. The number of carbonyl (C=O) groups is 1. The molecule has 0 spiro atoms. The van der Waals surface area contributed by atoms with E-state index >= 15 is 0 Å². The molecule has 1 aliphatic heterocycles. The zero-order valence-corrected chi connectivity index (χ0v) is 11.5. The van der Waals surface area contributed by atoms with E-state index in [4.69, 9.17) is 4.74 Å². The molecule has 1 N–H and O–H groups in total. The summed E-state index contributed by atoms with van der Waals surface area (Å²) in [6.07, 6.45) is 6.27. The van der Waals surface area contributed by atoms with Crippen molar-refractivity contribution in [3.05, 3.63) is 0 Å². The van der Waals surface area contributed by atoms with E-state index in [-0.39, 0.29) is 12.5 Å². The fourth-order valence-corrected chi connectivity index (χ4v) is 2.89. The molecule has 0 aromatic rings. The standard InChI is InChI=1S/C14H26N2O2/c1-12-5-2-3-6-13(12)18-11-14(17)16-9-4-7-15-8-10-16/h12-13,15H,2-11H2,1H3. The molecule has 1 heterocycles. The third kappa shape index (κ3) is 3.95. The highest BCUT2D eigenvalue weighted by atomic mass is 16.5. The van der Waals surface area contributed by atoms with Crippen molar-refractivity contribution in [2.24, 2.45) is 5.92 Å². The van der Waals surface area contributed by atoms with Gasteiger partial charge < -0.3 is 15.0 Å². The van der Waals surface area contributed by atoms with Gasteiger partial charge in [0.25, 0.3) is 0 Å². The molecule has 104 valence electrons. The predicted molar refractivity (Wildman–Crippen MR) is 71.4 cm³/mol. The number of nitrogens with one attached hydrogen (secondary N) is 1. The Morgan fingerprint density at radius 3 is 2.89 bits per heavy atom. The van der Waals surface area contributed by atoms with Crippen molar-refractivity contribution in [2.45, 2.75) is 45.1 Å². The number of carbonyl (C=O) groups excluding carboxylic acids is 1. The van der Waals surface area contributed by atoms with Crippen molar-refractivity contribution in [1.82, 2.24) is 10.2 Å². The zero-order valence-electron chi connectivity index (χ0n) is 11.5.